The van der Waals surface area contributed by atoms with E-state index in [9.17, 15) is 14.9 Å². The van der Waals surface area contributed by atoms with Crippen LogP contribution in [-0.2, 0) is 4.79 Å². The van der Waals surface area contributed by atoms with Crippen molar-refractivity contribution in [3.8, 4) is 17.1 Å². The molecule has 3 rings (SSSR count). The maximum absolute atomic E-state index is 12.2. The van der Waals surface area contributed by atoms with Crippen molar-refractivity contribution in [2.75, 3.05) is 12.4 Å². The maximum Gasteiger partial charge on any atom is 0.271 e. The lowest BCUT2D eigenvalue weighted by Crippen LogP contribution is -2.32. The Morgan fingerprint density at radius 1 is 1.22 bits per heavy atom. The number of nitrogens with zero attached hydrogens (tertiary/aromatic N) is 1. The van der Waals surface area contributed by atoms with Crippen LogP contribution < -0.4 is 15.4 Å². The summed E-state index contributed by atoms with van der Waals surface area (Å²) in [5, 5.41) is 16.7. The first-order chi connectivity index (χ1) is 15.3. The lowest BCUT2D eigenvalue weighted by atomic mass is 10.1. The third kappa shape index (κ3) is 5.71. The number of non-ortho nitro benzene ring substituents is 1. The third-order valence-corrected chi connectivity index (χ3v) is 4.97. The predicted octanol–water partition coefficient (Wildman–Crippen LogP) is 5.35. The van der Waals surface area contributed by atoms with E-state index in [0.29, 0.717) is 22.3 Å². The number of furan rings is 1. The lowest BCUT2D eigenvalue weighted by Gasteiger charge is -2.11. The van der Waals surface area contributed by atoms with E-state index in [4.69, 9.17) is 33.0 Å². The van der Waals surface area contributed by atoms with Gasteiger partial charge in [0.05, 0.1) is 17.7 Å². The standard InChI is InChI=1S/C22H18ClN3O5S/c1-13-3-4-14(11-17(13)23)19-9-6-16(31-19)7-10-21(27)25-22(32)24-18-12-15(26(28)29)5-8-20(18)30-2/h3-12H,1-2H3,(H2,24,25,27,32)/b10-7+. The molecule has 0 saturated carbocycles. The molecule has 0 aliphatic heterocycles. The lowest BCUT2D eigenvalue weighted by molar-refractivity contribution is -0.384. The molecule has 1 amide bonds. The van der Waals surface area contributed by atoms with Gasteiger partial charge in [-0.15, -0.1) is 0 Å². The van der Waals surface area contributed by atoms with Crippen molar-refractivity contribution in [1.29, 1.82) is 0 Å². The zero-order chi connectivity index (χ0) is 23.3. The number of methoxy groups -OCH3 is 1. The summed E-state index contributed by atoms with van der Waals surface area (Å²) in [6, 6.07) is 13.1. The number of nitrogens with one attached hydrogen (secondary N) is 2. The zero-order valence-electron chi connectivity index (χ0n) is 17.0. The third-order valence-electron chi connectivity index (χ3n) is 4.36. The Balaban J connectivity index is 1.63. The molecule has 1 aromatic heterocycles. The number of rotatable bonds is 6. The van der Waals surface area contributed by atoms with Gasteiger partial charge in [0.25, 0.3) is 5.69 Å². The van der Waals surface area contributed by atoms with E-state index in [1.165, 1.54) is 37.5 Å². The summed E-state index contributed by atoms with van der Waals surface area (Å²) in [4.78, 5) is 22.6. The molecule has 3 aromatic rings. The van der Waals surface area contributed by atoms with Gasteiger partial charge >= 0.3 is 0 Å². The second kappa shape index (κ2) is 10.1. The Kier molecular flexibility index (Phi) is 7.24. The number of carbonyl (C=O) groups is 1. The van der Waals surface area contributed by atoms with Crippen LogP contribution in [0, 0.1) is 17.0 Å². The first-order valence-corrected chi connectivity index (χ1v) is 10.0. The molecule has 1 heterocycles. The van der Waals surface area contributed by atoms with Gasteiger partial charge in [0, 0.05) is 28.8 Å². The smallest absolute Gasteiger partial charge is 0.271 e. The van der Waals surface area contributed by atoms with Crippen molar-refractivity contribution >= 4 is 52.3 Å². The number of hydrogen-bond donors (Lipinski definition) is 2. The van der Waals surface area contributed by atoms with E-state index < -0.39 is 10.8 Å². The molecule has 0 aliphatic rings. The van der Waals surface area contributed by atoms with E-state index in [1.54, 1.807) is 12.1 Å². The quantitative estimate of drug-likeness (QED) is 0.216. The molecule has 0 unspecified atom stereocenters. The second-order valence-corrected chi connectivity index (χ2v) is 7.40. The monoisotopic (exact) mass is 471 g/mol. The highest BCUT2D eigenvalue weighted by Gasteiger charge is 2.13. The second-order valence-electron chi connectivity index (χ2n) is 6.58. The number of halogens is 1. The van der Waals surface area contributed by atoms with Crippen LogP contribution in [0.25, 0.3) is 17.4 Å². The number of benzene rings is 2. The molecule has 2 aromatic carbocycles. The van der Waals surface area contributed by atoms with Crippen molar-refractivity contribution < 1.29 is 18.9 Å². The van der Waals surface area contributed by atoms with Gasteiger partial charge in [0.2, 0.25) is 5.91 Å². The van der Waals surface area contributed by atoms with Crippen molar-refractivity contribution in [2.45, 2.75) is 6.92 Å². The number of thiocarbonyl (C=S) groups is 1. The predicted molar refractivity (Wildman–Crippen MR) is 127 cm³/mol. The normalized spacial score (nSPS) is 10.7. The van der Waals surface area contributed by atoms with Gasteiger partial charge in [-0.1, -0.05) is 23.7 Å². The number of nitro benzene ring substituents is 1. The highest BCUT2D eigenvalue weighted by atomic mass is 35.5. The molecule has 0 spiro atoms. The molecule has 0 aliphatic carbocycles. The summed E-state index contributed by atoms with van der Waals surface area (Å²) in [6.07, 6.45) is 2.74. The summed E-state index contributed by atoms with van der Waals surface area (Å²) in [7, 11) is 1.42. The van der Waals surface area contributed by atoms with Gasteiger partial charge in [-0.3, -0.25) is 20.2 Å². The maximum atomic E-state index is 12.2. The first-order valence-electron chi connectivity index (χ1n) is 9.25. The molecule has 164 valence electrons. The number of aryl methyl sites for hydroxylation is 1. The summed E-state index contributed by atoms with van der Waals surface area (Å²) in [5.41, 5.74) is 1.89. The molecule has 2 N–H and O–H groups in total. The van der Waals surface area contributed by atoms with E-state index >= 15 is 0 Å². The zero-order valence-corrected chi connectivity index (χ0v) is 18.6. The highest BCUT2D eigenvalue weighted by Crippen LogP contribution is 2.29. The van der Waals surface area contributed by atoms with Crippen LogP contribution in [0.4, 0.5) is 11.4 Å². The average molecular weight is 472 g/mol. The average Bonchev–Trinajstić information content (AvgIpc) is 3.23. The number of carbonyl (C=O) groups excluding carboxylic acids is 1. The Hall–Kier alpha value is -3.69. The van der Waals surface area contributed by atoms with Crippen molar-refractivity contribution in [2.24, 2.45) is 0 Å². The highest BCUT2D eigenvalue weighted by molar-refractivity contribution is 7.80. The van der Waals surface area contributed by atoms with E-state index in [0.717, 1.165) is 11.1 Å². The Morgan fingerprint density at radius 3 is 2.69 bits per heavy atom. The molecular weight excluding hydrogens is 454 g/mol. The minimum atomic E-state index is -0.544. The van der Waals surface area contributed by atoms with Gasteiger partial charge in [-0.05, 0) is 55.0 Å². The van der Waals surface area contributed by atoms with Crippen LogP contribution in [0.5, 0.6) is 5.75 Å². The number of ether oxygens (including phenoxy) is 1. The Bertz CT molecular complexity index is 1220. The van der Waals surface area contributed by atoms with Gasteiger partial charge in [0.1, 0.15) is 17.3 Å². The SMILES string of the molecule is COc1ccc([N+](=O)[O-])cc1NC(=S)NC(=O)/C=C/c1ccc(-c2ccc(C)c(Cl)c2)o1. The Labute approximate surface area is 194 Å². The first kappa shape index (κ1) is 23.0. The summed E-state index contributed by atoms with van der Waals surface area (Å²) in [5.74, 6) is 0.901. The molecule has 32 heavy (non-hydrogen) atoms. The van der Waals surface area contributed by atoms with Crippen LogP contribution in [0.1, 0.15) is 11.3 Å². The topological polar surface area (TPSA) is 107 Å². The van der Waals surface area contributed by atoms with E-state index in [2.05, 4.69) is 10.6 Å². The fourth-order valence-corrected chi connectivity index (χ4v) is 3.11. The summed E-state index contributed by atoms with van der Waals surface area (Å²) >= 11 is 11.3. The van der Waals surface area contributed by atoms with Crippen molar-refractivity contribution in [1.82, 2.24) is 5.32 Å². The number of nitro groups is 1. The molecule has 8 nitrogen and oxygen atoms in total. The molecule has 0 atom stereocenters. The molecule has 0 bridgehead atoms. The fourth-order valence-electron chi connectivity index (χ4n) is 2.72. The van der Waals surface area contributed by atoms with Crippen LogP contribution in [0.15, 0.2) is 59.0 Å². The van der Waals surface area contributed by atoms with Gasteiger partial charge in [0.15, 0.2) is 5.11 Å². The minimum absolute atomic E-state index is 0.0483. The largest absolute Gasteiger partial charge is 0.495 e. The van der Waals surface area contributed by atoms with Gasteiger partial charge in [-0.25, -0.2) is 0 Å². The summed E-state index contributed by atoms with van der Waals surface area (Å²) in [6.45, 7) is 1.91. The van der Waals surface area contributed by atoms with Crippen LogP contribution in [0.2, 0.25) is 5.02 Å². The Morgan fingerprint density at radius 2 is 2.00 bits per heavy atom. The summed E-state index contributed by atoms with van der Waals surface area (Å²) < 4.78 is 10.9. The molecule has 0 fully saturated rings. The van der Waals surface area contributed by atoms with E-state index in [-0.39, 0.29) is 16.5 Å². The van der Waals surface area contributed by atoms with Crippen molar-refractivity contribution in [3.63, 3.8) is 0 Å². The fraction of sp³-hybridized carbons (Fsp3) is 0.0909. The molecular formula is C22H18ClN3O5S. The van der Waals surface area contributed by atoms with E-state index in [1.807, 2.05) is 25.1 Å². The van der Waals surface area contributed by atoms with Crippen LogP contribution in [-0.4, -0.2) is 23.1 Å². The molecule has 0 saturated heterocycles. The number of hydrogen-bond acceptors (Lipinski definition) is 6. The van der Waals surface area contributed by atoms with Gasteiger partial charge < -0.3 is 14.5 Å². The number of anilines is 1. The molecule has 0 radical (unpaired) electrons. The van der Waals surface area contributed by atoms with Crippen LogP contribution in [0.3, 0.4) is 0 Å². The molecule has 10 heteroatoms. The van der Waals surface area contributed by atoms with Crippen LogP contribution >= 0.6 is 23.8 Å². The van der Waals surface area contributed by atoms with Crippen molar-refractivity contribution in [3.05, 3.63) is 81.1 Å². The minimum Gasteiger partial charge on any atom is -0.495 e. The van der Waals surface area contributed by atoms with Gasteiger partial charge in [-0.2, -0.15) is 0 Å². The number of amides is 1.